The molecule has 4 aromatic rings. The molecule has 2 unspecified atom stereocenters. The molecular weight excluding hydrogens is 410 g/mol. The van der Waals surface area contributed by atoms with Gasteiger partial charge in [0, 0.05) is 39.6 Å². The zero-order valence-electron chi connectivity index (χ0n) is 16.6. The first kappa shape index (κ1) is 20.3. The van der Waals surface area contributed by atoms with Gasteiger partial charge in [-0.2, -0.15) is 0 Å². The summed E-state index contributed by atoms with van der Waals surface area (Å²) in [6.07, 6.45) is 5.65. The fraction of sp³-hybridized carbons (Fsp3) is 0.0800. The van der Waals surface area contributed by atoms with Crippen molar-refractivity contribution in [1.29, 1.82) is 0 Å². The van der Waals surface area contributed by atoms with E-state index in [2.05, 4.69) is 29.5 Å². The molecule has 6 heteroatoms. The highest BCUT2D eigenvalue weighted by Crippen LogP contribution is 2.39. The molecule has 1 heterocycles. The van der Waals surface area contributed by atoms with E-state index >= 15 is 0 Å². The van der Waals surface area contributed by atoms with Crippen LogP contribution in [0.5, 0.6) is 0 Å². The molecule has 31 heavy (non-hydrogen) atoms. The molecule has 0 aliphatic carbocycles. The van der Waals surface area contributed by atoms with E-state index in [1.807, 2.05) is 24.3 Å². The van der Waals surface area contributed by atoms with Crippen LogP contribution < -0.4 is 0 Å². The van der Waals surface area contributed by atoms with Crippen molar-refractivity contribution in [2.45, 2.75) is 12.5 Å². The van der Waals surface area contributed by atoms with Gasteiger partial charge in [-0.05, 0) is 55.5 Å². The number of non-ortho nitro benzene ring substituents is 1. The molecule has 0 saturated carbocycles. The van der Waals surface area contributed by atoms with E-state index in [1.165, 1.54) is 34.4 Å². The number of nitro groups is 1. The second-order valence-corrected chi connectivity index (χ2v) is 8.93. The monoisotopic (exact) mass is 428 g/mol. The number of fused-ring (bicyclic) bond motifs is 1. The number of carbonyl (C=O) groups is 1. The number of esters is 1. The fourth-order valence-corrected chi connectivity index (χ4v) is 5.18. The number of nitro benzene ring substituents is 1. The fourth-order valence-electron chi connectivity index (χ4n) is 3.29. The summed E-state index contributed by atoms with van der Waals surface area (Å²) in [6, 6.07) is 23.3. The Morgan fingerprint density at radius 3 is 2.35 bits per heavy atom. The Kier molecular flexibility index (Phi) is 5.28. The molecule has 0 radical (unpaired) electrons. The Morgan fingerprint density at radius 1 is 1.03 bits per heavy atom. The highest BCUT2D eigenvalue weighted by atomic mass is 32.2. The average molecular weight is 428 g/mol. The van der Waals surface area contributed by atoms with E-state index in [9.17, 15) is 14.9 Å². The molecule has 0 saturated heterocycles. The number of hydrogen-bond acceptors (Lipinski definition) is 4. The van der Waals surface area contributed by atoms with Crippen LogP contribution in [0, 0.1) is 22.5 Å². The second kappa shape index (κ2) is 8.05. The third-order valence-electron chi connectivity index (χ3n) is 5.08. The summed E-state index contributed by atoms with van der Waals surface area (Å²) >= 11 is 0. The van der Waals surface area contributed by atoms with Crippen LogP contribution in [0.1, 0.15) is 22.8 Å². The van der Waals surface area contributed by atoms with E-state index in [0.717, 1.165) is 4.90 Å². The zero-order valence-corrected chi connectivity index (χ0v) is 17.5. The molecule has 0 N–H and O–H groups in total. The highest BCUT2D eigenvalue weighted by molar-refractivity contribution is 7.43. The van der Waals surface area contributed by atoms with Gasteiger partial charge in [-0.25, -0.2) is 4.79 Å². The van der Waals surface area contributed by atoms with Gasteiger partial charge in [0.2, 0.25) is 0 Å². The predicted molar refractivity (Wildman–Crippen MR) is 122 cm³/mol. The normalized spacial score (nSPS) is 13.2. The summed E-state index contributed by atoms with van der Waals surface area (Å²) in [5.74, 6) is 1.93. The maximum atomic E-state index is 12.8. The van der Waals surface area contributed by atoms with E-state index in [-0.39, 0.29) is 16.2 Å². The number of terminal acetylenes is 1. The average Bonchev–Trinajstić information content (AvgIpc) is 3.23. The quantitative estimate of drug-likeness (QED) is 0.125. The summed E-state index contributed by atoms with van der Waals surface area (Å²) in [6.45, 7) is 1.59. The van der Waals surface area contributed by atoms with E-state index in [4.69, 9.17) is 11.2 Å². The Hall–Kier alpha value is -3.95. The first-order chi connectivity index (χ1) is 14.9. The number of thiophene rings is 1. The number of hydrogen-bond donors (Lipinski definition) is 0. The molecule has 2 atom stereocenters. The second-order valence-electron chi connectivity index (χ2n) is 7.07. The van der Waals surface area contributed by atoms with Gasteiger partial charge in [-0.1, -0.05) is 18.1 Å². The van der Waals surface area contributed by atoms with Gasteiger partial charge in [0.25, 0.3) is 5.69 Å². The largest absolute Gasteiger partial charge is 0.438 e. The molecule has 0 bridgehead atoms. The van der Waals surface area contributed by atoms with E-state index < -0.39 is 16.5 Å². The number of nitrogens with zero attached hydrogens (tertiary/aromatic N) is 1. The number of rotatable bonds is 5. The third-order valence-corrected chi connectivity index (χ3v) is 7.12. The summed E-state index contributed by atoms with van der Waals surface area (Å²) in [7, 11) is -0.164. The Labute approximate surface area is 182 Å². The molecule has 152 valence electrons. The maximum Gasteiger partial charge on any atom is 0.339 e. The molecule has 0 spiro atoms. The van der Waals surface area contributed by atoms with Crippen molar-refractivity contribution in [3.8, 4) is 17.2 Å². The molecule has 0 aliphatic rings. The molecule has 0 amide bonds. The van der Waals surface area contributed by atoms with Gasteiger partial charge in [0.15, 0.2) is 15.2 Å². The zero-order chi connectivity index (χ0) is 22.0. The minimum atomic E-state index is -1.35. The summed E-state index contributed by atoms with van der Waals surface area (Å²) < 4.78 is 6.88. The first-order valence-corrected chi connectivity index (χ1v) is 10.8. The molecule has 0 aliphatic heterocycles. The number of benzene rings is 3. The van der Waals surface area contributed by atoms with Crippen LogP contribution in [0.15, 0.2) is 84.2 Å². The lowest BCUT2D eigenvalue weighted by Gasteiger charge is -2.24. The first-order valence-electron chi connectivity index (χ1n) is 9.48. The summed E-state index contributed by atoms with van der Waals surface area (Å²) in [5, 5.41) is 14.2. The minimum Gasteiger partial charge on any atom is -0.438 e. The lowest BCUT2D eigenvalue weighted by Crippen LogP contribution is -2.27. The number of ether oxygens (including phenoxy) is 1. The van der Waals surface area contributed by atoms with Crippen molar-refractivity contribution in [2.24, 2.45) is 0 Å². The molecule has 1 aromatic heterocycles. The van der Waals surface area contributed by atoms with Crippen LogP contribution in [0.25, 0.3) is 15.0 Å². The Bertz CT molecular complexity index is 1320. The molecule has 0 fully saturated rings. The predicted octanol–water partition coefficient (Wildman–Crippen LogP) is 6.19. The van der Waals surface area contributed by atoms with Crippen LogP contribution in [0.3, 0.4) is 0 Å². The number of carbonyl (C=O) groups excluding carboxylic acids is 1. The molecule has 3 aromatic carbocycles. The van der Waals surface area contributed by atoms with Crippen molar-refractivity contribution in [3.05, 3.63) is 105 Å². The van der Waals surface area contributed by atoms with Crippen LogP contribution in [0.2, 0.25) is 0 Å². The van der Waals surface area contributed by atoms with Crippen molar-refractivity contribution < 1.29 is 14.5 Å². The molecule has 4 rings (SSSR count). The minimum absolute atomic E-state index is 0.0617. The summed E-state index contributed by atoms with van der Waals surface area (Å²) in [5.41, 5.74) is -0.542. The lowest BCUT2D eigenvalue weighted by atomic mass is 9.96. The van der Waals surface area contributed by atoms with Crippen molar-refractivity contribution in [1.82, 2.24) is 0 Å². The standard InChI is InChI=1S/C25H18NO4S/c1-3-25(2,20-10-12-21(13-11-20)26(28)29)30-24(27)19-8-14-22(15-9-19)31-17-16-18-6-4-5-7-23(18)31/h1,4-17H,2H3/q+1. The lowest BCUT2D eigenvalue weighted by molar-refractivity contribution is -0.384. The molecule has 5 nitrogen and oxygen atoms in total. The van der Waals surface area contributed by atoms with Crippen LogP contribution in [0.4, 0.5) is 5.69 Å². The maximum absolute atomic E-state index is 12.8. The van der Waals surface area contributed by atoms with Gasteiger partial charge in [-0.15, -0.1) is 6.42 Å². The van der Waals surface area contributed by atoms with E-state index in [1.54, 1.807) is 19.1 Å². The van der Waals surface area contributed by atoms with Crippen molar-refractivity contribution in [3.63, 3.8) is 0 Å². The summed E-state index contributed by atoms with van der Waals surface area (Å²) in [4.78, 5) is 24.2. The van der Waals surface area contributed by atoms with Gasteiger partial charge in [0.1, 0.15) is 5.38 Å². The topological polar surface area (TPSA) is 69.4 Å². The van der Waals surface area contributed by atoms with Crippen LogP contribution in [-0.4, -0.2) is 10.9 Å². The van der Waals surface area contributed by atoms with Crippen molar-refractivity contribution >= 4 is 32.2 Å². The Balaban J connectivity index is 1.56. The SMILES string of the molecule is C#CC(C)(OC(=O)c1ccc(-[s+]2ccc3ccccc32)cc1)c1ccc([N+](=O)[O-])cc1. The molecular formula is C25H18NO4S+. The van der Waals surface area contributed by atoms with E-state index in [0.29, 0.717) is 11.1 Å². The van der Waals surface area contributed by atoms with Gasteiger partial charge in [0.05, 0.1) is 10.5 Å². The van der Waals surface area contributed by atoms with Crippen LogP contribution in [-0.2, 0) is 10.3 Å². The van der Waals surface area contributed by atoms with Gasteiger partial charge < -0.3 is 4.74 Å². The Morgan fingerprint density at radius 2 is 1.71 bits per heavy atom. The van der Waals surface area contributed by atoms with Crippen LogP contribution >= 0.6 is 10.5 Å². The highest BCUT2D eigenvalue weighted by Gasteiger charge is 2.30. The van der Waals surface area contributed by atoms with Crippen molar-refractivity contribution in [2.75, 3.05) is 0 Å². The smallest absolute Gasteiger partial charge is 0.339 e. The third kappa shape index (κ3) is 3.91. The van der Waals surface area contributed by atoms with Gasteiger partial charge >= 0.3 is 5.97 Å². The van der Waals surface area contributed by atoms with Gasteiger partial charge in [-0.3, -0.25) is 10.1 Å².